The van der Waals surface area contributed by atoms with Gasteiger partial charge in [-0.3, -0.25) is 0 Å². The van der Waals surface area contributed by atoms with E-state index < -0.39 is 0 Å². The molecule has 0 amide bonds. The van der Waals surface area contributed by atoms with E-state index in [1.54, 1.807) is 0 Å². The van der Waals surface area contributed by atoms with Gasteiger partial charge in [-0.1, -0.05) is 178 Å². The van der Waals surface area contributed by atoms with Crippen LogP contribution in [0.15, 0.2) is 212 Å². The summed E-state index contributed by atoms with van der Waals surface area (Å²) in [5.74, 6) is 1.20. The number of hydrogen-bond donors (Lipinski definition) is 0. The van der Waals surface area contributed by atoms with E-state index in [9.17, 15) is 0 Å². The Kier molecular flexibility index (Phi) is 8.57. The first kappa shape index (κ1) is 36.7. The normalized spacial score (nSPS) is 19.9. The van der Waals surface area contributed by atoms with Crippen LogP contribution < -0.4 is 4.90 Å². The molecule has 2 heteroatoms. The predicted molar refractivity (Wildman–Crippen MR) is 261 cm³/mol. The van der Waals surface area contributed by atoms with Crippen LogP contribution in [0.25, 0.3) is 55.3 Å². The Morgan fingerprint density at radius 1 is 0.581 bits per heavy atom. The third kappa shape index (κ3) is 5.70. The fourth-order valence-electron chi connectivity index (χ4n) is 11.5. The standard InChI is InChI=1S/C60H48N2/c1-40-44-35-43-23-12-14-30-53(43)60(2)34-18-29-52(54(60)39-44)58-49(40)27-16-32-56(58)61(48-37-45(41-19-6-3-7-20-41)36-46(38-48)42-21-8-4-9-22-42)57-33-17-28-51-50-26-13-15-31-55(50)62(59(51)57)47-24-10-5-11-25-47/h3-34,36-38,40,44,54H,35,39H2,1-2H3/t40-,44?,54?,60?/m1/s1. The number of anilines is 3. The molecule has 2 bridgehead atoms. The van der Waals surface area contributed by atoms with E-state index in [4.69, 9.17) is 0 Å². The molecule has 12 rings (SSSR count). The van der Waals surface area contributed by atoms with Gasteiger partial charge in [0.05, 0.1) is 22.4 Å². The molecule has 2 nitrogen and oxygen atoms in total. The van der Waals surface area contributed by atoms with Crippen molar-refractivity contribution in [3.8, 4) is 27.9 Å². The molecule has 1 aromatic heterocycles. The molecule has 298 valence electrons. The van der Waals surface area contributed by atoms with E-state index in [1.807, 2.05) is 0 Å². The summed E-state index contributed by atoms with van der Waals surface area (Å²) >= 11 is 0. The molecule has 9 aromatic rings. The smallest absolute Gasteiger partial charge is 0.0782 e. The van der Waals surface area contributed by atoms with Crippen molar-refractivity contribution in [3.05, 3.63) is 235 Å². The Hall–Kier alpha value is -7.16. The van der Waals surface area contributed by atoms with E-state index >= 15 is 0 Å². The van der Waals surface area contributed by atoms with Crippen LogP contribution >= 0.6 is 0 Å². The van der Waals surface area contributed by atoms with Crippen LogP contribution in [-0.2, 0) is 11.8 Å². The van der Waals surface area contributed by atoms with Crippen molar-refractivity contribution < 1.29 is 0 Å². The summed E-state index contributed by atoms with van der Waals surface area (Å²) in [7, 11) is 0. The molecular weight excluding hydrogens is 749 g/mol. The highest BCUT2D eigenvalue weighted by Gasteiger charge is 2.47. The number of hydrogen-bond acceptors (Lipinski definition) is 1. The maximum Gasteiger partial charge on any atom is 0.0782 e. The van der Waals surface area contributed by atoms with Gasteiger partial charge in [0.25, 0.3) is 0 Å². The van der Waals surface area contributed by atoms with Crippen LogP contribution in [0.5, 0.6) is 0 Å². The monoisotopic (exact) mass is 796 g/mol. The van der Waals surface area contributed by atoms with Crippen LogP contribution in [0.1, 0.15) is 48.4 Å². The van der Waals surface area contributed by atoms with Crippen molar-refractivity contribution in [1.82, 2.24) is 4.57 Å². The summed E-state index contributed by atoms with van der Waals surface area (Å²) in [6, 6.07) is 72.2. The molecule has 3 aliphatic rings. The van der Waals surface area contributed by atoms with Crippen LogP contribution in [0.2, 0.25) is 0 Å². The zero-order valence-electron chi connectivity index (χ0n) is 35.2. The second-order valence-electron chi connectivity index (χ2n) is 17.9. The Morgan fingerprint density at radius 3 is 1.97 bits per heavy atom. The predicted octanol–water partition coefficient (Wildman–Crippen LogP) is 15.8. The molecule has 0 fully saturated rings. The summed E-state index contributed by atoms with van der Waals surface area (Å²) in [5, 5.41) is 2.48. The van der Waals surface area contributed by atoms with Crippen LogP contribution in [0.4, 0.5) is 17.1 Å². The minimum Gasteiger partial charge on any atom is -0.308 e. The summed E-state index contributed by atoms with van der Waals surface area (Å²) in [4.78, 5) is 2.62. The zero-order valence-corrected chi connectivity index (χ0v) is 35.2. The van der Waals surface area contributed by atoms with Crippen LogP contribution in [0.3, 0.4) is 0 Å². The van der Waals surface area contributed by atoms with Gasteiger partial charge >= 0.3 is 0 Å². The molecule has 0 radical (unpaired) electrons. The molecule has 0 saturated heterocycles. The lowest BCUT2D eigenvalue weighted by Gasteiger charge is -2.40. The summed E-state index contributed by atoms with van der Waals surface area (Å²) in [5.41, 5.74) is 19.0. The molecule has 0 saturated carbocycles. The van der Waals surface area contributed by atoms with Gasteiger partial charge in [0.15, 0.2) is 0 Å². The lowest BCUT2D eigenvalue weighted by atomic mass is 9.64. The van der Waals surface area contributed by atoms with Crippen molar-refractivity contribution in [2.75, 3.05) is 4.90 Å². The lowest BCUT2D eigenvalue weighted by Crippen LogP contribution is -2.33. The third-order valence-corrected chi connectivity index (χ3v) is 14.6. The first-order valence-corrected chi connectivity index (χ1v) is 22.3. The first-order valence-electron chi connectivity index (χ1n) is 22.3. The van der Waals surface area contributed by atoms with Crippen LogP contribution in [0, 0.1) is 11.8 Å². The fourth-order valence-corrected chi connectivity index (χ4v) is 11.5. The zero-order chi connectivity index (χ0) is 41.4. The van der Waals surface area contributed by atoms with Gasteiger partial charge in [0.2, 0.25) is 0 Å². The maximum atomic E-state index is 2.62. The van der Waals surface area contributed by atoms with Gasteiger partial charge in [-0.15, -0.1) is 0 Å². The largest absolute Gasteiger partial charge is 0.308 e. The molecular formula is C60H48N2. The molecule has 8 aromatic carbocycles. The average Bonchev–Trinajstić information content (AvgIpc) is 3.53. The molecule has 0 N–H and O–H groups in total. The average molecular weight is 797 g/mol. The lowest BCUT2D eigenvalue weighted by molar-refractivity contribution is 0.335. The quantitative estimate of drug-likeness (QED) is 0.163. The second kappa shape index (κ2) is 14.5. The van der Waals surface area contributed by atoms with Crippen molar-refractivity contribution in [2.45, 2.75) is 38.0 Å². The van der Waals surface area contributed by atoms with E-state index in [1.165, 1.54) is 77.6 Å². The van der Waals surface area contributed by atoms with Crippen LogP contribution in [-0.4, -0.2) is 4.57 Å². The topological polar surface area (TPSA) is 8.17 Å². The number of rotatable bonds is 6. The summed E-state index contributed by atoms with van der Waals surface area (Å²) in [6.45, 7) is 5.01. The Balaban J connectivity index is 1.20. The number of nitrogens with zero attached hydrogens (tertiary/aromatic N) is 2. The van der Waals surface area contributed by atoms with Gasteiger partial charge < -0.3 is 9.47 Å². The number of para-hydroxylation sites is 3. The molecule has 62 heavy (non-hydrogen) atoms. The highest BCUT2D eigenvalue weighted by Crippen LogP contribution is 2.59. The first-order chi connectivity index (χ1) is 30.5. The van der Waals surface area contributed by atoms with Gasteiger partial charge in [0, 0.05) is 33.1 Å². The molecule has 4 atom stereocenters. The number of allylic oxidation sites excluding steroid dienone is 4. The SMILES string of the molecule is C[C@H]1c2cccc(N(c3cc(-c4ccccc4)cc(-c4ccccc4)c3)c3cccc4c5ccccc5n(-c5ccccc5)c34)c2C2=CC=CC3(C)c4ccccc4CC1CC23. The van der Waals surface area contributed by atoms with Gasteiger partial charge in [-0.2, -0.15) is 0 Å². The molecule has 0 spiro atoms. The molecule has 1 heterocycles. The van der Waals surface area contributed by atoms with Crippen molar-refractivity contribution in [2.24, 2.45) is 11.8 Å². The van der Waals surface area contributed by atoms with E-state index in [2.05, 4.69) is 236 Å². The minimum atomic E-state index is -0.123. The highest BCUT2D eigenvalue weighted by atomic mass is 15.2. The van der Waals surface area contributed by atoms with Gasteiger partial charge in [-0.05, 0) is 124 Å². The molecule has 3 unspecified atom stereocenters. The van der Waals surface area contributed by atoms with Gasteiger partial charge in [0.1, 0.15) is 0 Å². The molecule has 3 aliphatic carbocycles. The Bertz CT molecular complexity index is 3170. The van der Waals surface area contributed by atoms with E-state index in [0.29, 0.717) is 17.8 Å². The highest BCUT2D eigenvalue weighted by molar-refractivity contribution is 6.15. The van der Waals surface area contributed by atoms with Crippen molar-refractivity contribution in [3.63, 3.8) is 0 Å². The minimum absolute atomic E-state index is 0.123. The Morgan fingerprint density at radius 2 is 1.21 bits per heavy atom. The van der Waals surface area contributed by atoms with Gasteiger partial charge in [-0.25, -0.2) is 0 Å². The maximum absolute atomic E-state index is 2.62. The Labute approximate surface area is 364 Å². The number of aromatic nitrogens is 1. The van der Waals surface area contributed by atoms with E-state index in [-0.39, 0.29) is 5.41 Å². The molecule has 0 aliphatic heterocycles. The number of benzene rings is 8. The third-order valence-electron chi connectivity index (χ3n) is 14.6. The van der Waals surface area contributed by atoms with Crippen molar-refractivity contribution in [1.29, 1.82) is 0 Å². The van der Waals surface area contributed by atoms with Crippen molar-refractivity contribution >= 4 is 44.4 Å². The summed E-state index contributed by atoms with van der Waals surface area (Å²) < 4.78 is 2.49. The number of fused-ring (bicyclic) bond motifs is 8. The van der Waals surface area contributed by atoms with E-state index in [0.717, 1.165) is 29.9 Å². The second-order valence-corrected chi connectivity index (χ2v) is 17.9. The summed E-state index contributed by atoms with van der Waals surface area (Å²) in [6.07, 6.45) is 9.58. The fraction of sp³-hybridized carbons (Fsp3) is 0.133.